The van der Waals surface area contributed by atoms with Crippen molar-refractivity contribution in [3.8, 4) is 0 Å². The maximum Gasteiger partial charge on any atom is 0.416 e. The van der Waals surface area contributed by atoms with Crippen LogP contribution in [0.3, 0.4) is 0 Å². The molecule has 0 bridgehead atoms. The Labute approximate surface area is 124 Å². The van der Waals surface area contributed by atoms with E-state index in [-0.39, 0.29) is 6.61 Å². The average Bonchev–Trinajstić information content (AvgIpc) is 2.76. The van der Waals surface area contributed by atoms with Crippen molar-refractivity contribution < 1.29 is 19.1 Å². The number of amides is 1. The van der Waals surface area contributed by atoms with Gasteiger partial charge in [0.15, 0.2) is 0 Å². The van der Waals surface area contributed by atoms with Gasteiger partial charge in [-0.25, -0.2) is 19.5 Å². The molecule has 0 aromatic carbocycles. The summed E-state index contributed by atoms with van der Waals surface area (Å²) >= 11 is 0. The van der Waals surface area contributed by atoms with Crippen LogP contribution in [0.5, 0.6) is 0 Å². The Bertz CT molecular complexity index is 502. The highest BCUT2D eigenvalue weighted by Crippen LogP contribution is 2.35. The van der Waals surface area contributed by atoms with E-state index in [0.29, 0.717) is 12.2 Å². The SMILES string of the molecule is CCOC(=O)C1CC2=C(N=CCC2)N1C(=O)OC(C)(C)C. The van der Waals surface area contributed by atoms with Gasteiger partial charge in [-0.3, -0.25) is 0 Å². The summed E-state index contributed by atoms with van der Waals surface area (Å²) in [5.41, 5.74) is 0.388. The molecule has 0 radical (unpaired) electrons. The second-order valence-corrected chi connectivity index (χ2v) is 6.10. The Kier molecular flexibility index (Phi) is 4.34. The Morgan fingerprint density at radius 1 is 1.43 bits per heavy atom. The monoisotopic (exact) mass is 294 g/mol. The lowest BCUT2D eigenvalue weighted by Gasteiger charge is -2.28. The highest BCUT2D eigenvalue weighted by molar-refractivity contribution is 5.85. The zero-order chi connectivity index (χ0) is 15.6. The lowest BCUT2D eigenvalue weighted by molar-refractivity contribution is -0.148. The molecular weight excluding hydrogens is 272 g/mol. The summed E-state index contributed by atoms with van der Waals surface area (Å²) in [5, 5.41) is 0. The van der Waals surface area contributed by atoms with E-state index in [0.717, 1.165) is 18.4 Å². The van der Waals surface area contributed by atoms with Crippen LogP contribution in [0.1, 0.15) is 47.0 Å². The molecular formula is C15H22N2O4. The average molecular weight is 294 g/mol. The number of hydrogen-bond donors (Lipinski definition) is 0. The van der Waals surface area contributed by atoms with Gasteiger partial charge in [0.1, 0.15) is 17.5 Å². The first kappa shape index (κ1) is 15.5. The van der Waals surface area contributed by atoms with E-state index in [9.17, 15) is 9.59 Å². The molecule has 2 aliphatic rings. The van der Waals surface area contributed by atoms with Crippen molar-refractivity contribution >= 4 is 18.3 Å². The standard InChI is InChI=1S/C15H22N2O4/c1-5-20-13(18)11-9-10-7-6-8-16-12(10)17(11)14(19)21-15(2,3)4/h8,11H,5-7,9H2,1-4H3. The van der Waals surface area contributed by atoms with Crippen molar-refractivity contribution in [2.45, 2.75) is 58.6 Å². The lowest BCUT2D eigenvalue weighted by Crippen LogP contribution is -2.44. The summed E-state index contributed by atoms with van der Waals surface area (Å²) in [6.07, 6.45) is 3.34. The Balaban J connectivity index is 2.25. The molecule has 1 unspecified atom stereocenters. The molecule has 6 heteroatoms. The molecule has 1 atom stereocenters. The predicted octanol–water partition coefficient (Wildman–Crippen LogP) is 2.64. The van der Waals surface area contributed by atoms with Gasteiger partial charge in [0.2, 0.25) is 0 Å². The first-order valence-corrected chi connectivity index (χ1v) is 7.27. The molecule has 0 aromatic heterocycles. The molecule has 0 saturated heterocycles. The molecule has 0 N–H and O–H groups in total. The third kappa shape index (κ3) is 3.43. The molecule has 21 heavy (non-hydrogen) atoms. The van der Waals surface area contributed by atoms with Crippen LogP contribution < -0.4 is 0 Å². The maximum absolute atomic E-state index is 12.4. The largest absolute Gasteiger partial charge is 0.464 e. The third-order valence-electron chi connectivity index (χ3n) is 3.23. The molecule has 0 saturated carbocycles. The second kappa shape index (κ2) is 5.87. The fraction of sp³-hybridized carbons (Fsp3) is 0.667. The molecule has 2 heterocycles. The number of hydrogen-bond acceptors (Lipinski definition) is 5. The van der Waals surface area contributed by atoms with Crippen LogP contribution in [0.25, 0.3) is 0 Å². The minimum absolute atomic E-state index is 0.283. The van der Waals surface area contributed by atoms with Crippen LogP contribution in [-0.2, 0) is 14.3 Å². The third-order valence-corrected chi connectivity index (χ3v) is 3.23. The smallest absolute Gasteiger partial charge is 0.416 e. The Hall–Kier alpha value is -1.85. The minimum Gasteiger partial charge on any atom is -0.464 e. The summed E-state index contributed by atoms with van der Waals surface area (Å²) in [4.78, 5) is 30.2. The van der Waals surface area contributed by atoms with Gasteiger partial charge in [0.05, 0.1) is 6.61 Å². The maximum atomic E-state index is 12.4. The number of carbonyl (C=O) groups excluding carboxylic acids is 2. The van der Waals surface area contributed by atoms with Gasteiger partial charge < -0.3 is 9.47 Å². The van der Waals surface area contributed by atoms with Gasteiger partial charge >= 0.3 is 12.1 Å². The van der Waals surface area contributed by atoms with Crippen molar-refractivity contribution in [1.29, 1.82) is 0 Å². The first-order valence-electron chi connectivity index (χ1n) is 7.27. The molecule has 0 spiro atoms. The summed E-state index contributed by atoms with van der Waals surface area (Å²) in [5.74, 6) is 0.140. The minimum atomic E-state index is -0.667. The molecule has 116 valence electrons. The van der Waals surface area contributed by atoms with Crippen LogP contribution in [0.15, 0.2) is 16.4 Å². The van der Waals surface area contributed by atoms with Crippen LogP contribution in [0.4, 0.5) is 4.79 Å². The molecule has 2 rings (SSSR count). The highest BCUT2D eigenvalue weighted by Gasteiger charge is 2.43. The number of nitrogens with zero attached hydrogens (tertiary/aromatic N) is 2. The summed E-state index contributed by atoms with van der Waals surface area (Å²) in [6.45, 7) is 7.40. The van der Waals surface area contributed by atoms with Crippen LogP contribution >= 0.6 is 0 Å². The van der Waals surface area contributed by atoms with Crippen molar-refractivity contribution in [1.82, 2.24) is 4.90 Å². The van der Waals surface area contributed by atoms with Crippen LogP contribution in [0.2, 0.25) is 0 Å². The van der Waals surface area contributed by atoms with E-state index >= 15 is 0 Å². The number of esters is 1. The first-order chi connectivity index (χ1) is 9.83. The number of carbonyl (C=O) groups is 2. The Morgan fingerprint density at radius 2 is 2.14 bits per heavy atom. The summed E-state index contributed by atoms with van der Waals surface area (Å²) in [6, 6.07) is -0.667. The summed E-state index contributed by atoms with van der Waals surface area (Å²) in [7, 11) is 0. The van der Waals surface area contributed by atoms with E-state index < -0.39 is 23.7 Å². The molecule has 0 fully saturated rings. The Morgan fingerprint density at radius 3 is 2.76 bits per heavy atom. The van der Waals surface area contributed by atoms with Gasteiger partial charge in [0, 0.05) is 12.6 Å². The van der Waals surface area contributed by atoms with Gasteiger partial charge in [-0.15, -0.1) is 0 Å². The molecule has 0 aromatic rings. The number of aliphatic imine (C=N–C) groups is 1. The number of ether oxygens (including phenoxy) is 2. The van der Waals surface area contributed by atoms with Crippen LogP contribution in [0, 0.1) is 0 Å². The molecule has 6 nitrogen and oxygen atoms in total. The van der Waals surface area contributed by atoms with Crippen LogP contribution in [-0.4, -0.2) is 41.4 Å². The summed E-state index contributed by atoms with van der Waals surface area (Å²) < 4.78 is 10.5. The van der Waals surface area contributed by atoms with Gasteiger partial charge in [-0.2, -0.15) is 0 Å². The van der Waals surface area contributed by atoms with E-state index in [1.807, 2.05) is 0 Å². The van der Waals surface area contributed by atoms with Crippen molar-refractivity contribution in [3.05, 3.63) is 11.4 Å². The number of rotatable bonds is 2. The van der Waals surface area contributed by atoms with E-state index in [2.05, 4.69) is 4.99 Å². The highest BCUT2D eigenvalue weighted by atomic mass is 16.6. The van der Waals surface area contributed by atoms with Gasteiger partial charge in [-0.1, -0.05) is 0 Å². The zero-order valence-electron chi connectivity index (χ0n) is 13.0. The van der Waals surface area contributed by atoms with Crippen molar-refractivity contribution in [2.24, 2.45) is 4.99 Å². The fourth-order valence-corrected chi connectivity index (χ4v) is 2.44. The van der Waals surface area contributed by atoms with Crippen molar-refractivity contribution in [2.75, 3.05) is 6.61 Å². The molecule has 0 aliphatic carbocycles. The quantitative estimate of drug-likeness (QED) is 0.734. The van der Waals surface area contributed by atoms with E-state index in [1.54, 1.807) is 33.9 Å². The lowest BCUT2D eigenvalue weighted by atomic mass is 10.0. The zero-order valence-corrected chi connectivity index (χ0v) is 13.0. The second-order valence-electron chi connectivity index (χ2n) is 6.10. The van der Waals surface area contributed by atoms with Crippen molar-refractivity contribution in [3.63, 3.8) is 0 Å². The van der Waals surface area contributed by atoms with Gasteiger partial charge in [0.25, 0.3) is 0 Å². The van der Waals surface area contributed by atoms with E-state index in [4.69, 9.17) is 9.47 Å². The fourth-order valence-electron chi connectivity index (χ4n) is 2.44. The predicted molar refractivity (Wildman–Crippen MR) is 77.9 cm³/mol. The normalized spacial score (nSPS) is 21.3. The van der Waals surface area contributed by atoms with Gasteiger partial charge in [-0.05, 0) is 46.1 Å². The van der Waals surface area contributed by atoms with E-state index in [1.165, 1.54) is 4.90 Å². The molecule has 2 aliphatic heterocycles. The topological polar surface area (TPSA) is 68.2 Å². The molecule has 1 amide bonds.